The van der Waals surface area contributed by atoms with Crippen LogP contribution in [0.4, 0.5) is 0 Å². The molecule has 9 heteroatoms. The van der Waals surface area contributed by atoms with Crippen LogP contribution < -0.4 is 0 Å². The Morgan fingerprint density at radius 1 is 1.43 bits per heavy atom. The minimum Gasteiger partial charge on any atom is -0.569 e. The van der Waals surface area contributed by atoms with Crippen LogP contribution in [0.2, 0.25) is 0 Å². The van der Waals surface area contributed by atoms with E-state index in [4.69, 9.17) is 14.7 Å². The number of carboxylic acid groups (broad SMARTS) is 1. The second-order valence-electron chi connectivity index (χ2n) is 5.02. The Bertz CT molecular complexity index is 591. The highest BCUT2D eigenvalue weighted by atomic mass is 16.8. The number of nitrogens with zero attached hydrogens (tertiary/aromatic N) is 3. The van der Waals surface area contributed by atoms with Crippen molar-refractivity contribution in [2.24, 2.45) is 11.2 Å². The van der Waals surface area contributed by atoms with Gasteiger partial charge in [0.2, 0.25) is 5.28 Å². The van der Waals surface area contributed by atoms with Gasteiger partial charge in [0.1, 0.15) is 0 Å². The average molecular weight is 323 g/mol. The van der Waals surface area contributed by atoms with Crippen molar-refractivity contribution in [3.8, 4) is 0 Å². The Labute approximate surface area is 132 Å². The van der Waals surface area contributed by atoms with E-state index >= 15 is 0 Å². The van der Waals surface area contributed by atoms with Crippen molar-refractivity contribution in [3.05, 3.63) is 41.1 Å². The van der Waals surface area contributed by atoms with Gasteiger partial charge in [0.15, 0.2) is 0 Å². The summed E-state index contributed by atoms with van der Waals surface area (Å²) in [6.07, 6.45) is -0.695. The van der Waals surface area contributed by atoms with E-state index in [1.807, 2.05) is 0 Å². The molecule has 0 bridgehead atoms. The first-order valence-electron chi connectivity index (χ1n) is 7.05. The van der Waals surface area contributed by atoms with Crippen molar-refractivity contribution in [3.63, 3.8) is 0 Å². The van der Waals surface area contributed by atoms with Gasteiger partial charge >= 0.3 is 11.9 Å². The predicted octanol–water partition coefficient (Wildman–Crippen LogP) is 1.40. The Morgan fingerprint density at radius 3 is 2.74 bits per heavy atom. The first kappa shape index (κ1) is 16.5. The second-order valence-corrected chi connectivity index (χ2v) is 5.02. The number of hydrogen-bond acceptors (Lipinski definition) is 6. The molecule has 1 heterocycles. The van der Waals surface area contributed by atoms with Gasteiger partial charge in [-0.2, -0.15) is 0 Å². The maximum Gasteiger partial charge on any atom is 0.341 e. The largest absolute Gasteiger partial charge is 0.569 e. The molecule has 2 rings (SSSR count). The summed E-state index contributed by atoms with van der Waals surface area (Å²) in [6.45, 7) is 1.75. The van der Waals surface area contributed by atoms with Gasteiger partial charge in [0.25, 0.3) is 6.29 Å². The van der Waals surface area contributed by atoms with Crippen LogP contribution in [0.1, 0.15) is 23.7 Å². The molecule has 0 saturated carbocycles. The maximum absolute atomic E-state index is 11.8. The van der Waals surface area contributed by atoms with Crippen molar-refractivity contribution in [2.45, 2.75) is 19.6 Å². The summed E-state index contributed by atoms with van der Waals surface area (Å²) in [6, 6.07) is 8.32. The fraction of sp³-hybridized carbons (Fsp3) is 0.429. The summed E-state index contributed by atoms with van der Waals surface area (Å²) in [5.41, 5.74) is 0.353. The minimum absolute atomic E-state index is 0.0594. The van der Waals surface area contributed by atoms with Crippen molar-refractivity contribution in [1.29, 1.82) is 0 Å². The number of aliphatic carboxylic acids is 1. The molecule has 1 aliphatic heterocycles. The van der Waals surface area contributed by atoms with E-state index in [1.165, 1.54) is 11.9 Å². The van der Waals surface area contributed by atoms with Crippen LogP contribution in [-0.4, -0.2) is 46.4 Å². The van der Waals surface area contributed by atoms with Gasteiger partial charge in [-0.05, 0) is 18.6 Å². The number of hydrogen-bond donors (Lipinski definition) is 1. The Kier molecular flexibility index (Phi) is 5.34. The molecular formula is C14H17N3O6. The van der Waals surface area contributed by atoms with E-state index in [-0.39, 0.29) is 18.1 Å². The number of rotatable bonds is 6. The zero-order valence-electron chi connectivity index (χ0n) is 12.5. The molecule has 0 radical (unpaired) electrons. The van der Waals surface area contributed by atoms with E-state index in [2.05, 4.69) is 5.28 Å². The first-order valence-corrected chi connectivity index (χ1v) is 7.05. The van der Waals surface area contributed by atoms with Crippen molar-refractivity contribution >= 4 is 11.9 Å². The average Bonchev–Trinajstić information content (AvgIpc) is 3.03. The Morgan fingerprint density at radius 2 is 2.13 bits per heavy atom. The molecule has 2 unspecified atom stereocenters. The van der Waals surface area contributed by atoms with E-state index < -0.39 is 24.1 Å². The molecule has 1 aromatic carbocycles. The van der Waals surface area contributed by atoms with Crippen LogP contribution >= 0.6 is 0 Å². The molecule has 2 atom stereocenters. The summed E-state index contributed by atoms with van der Waals surface area (Å²) in [5, 5.41) is 25.0. The Balaban J connectivity index is 1.82. The zero-order valence-corrected chi connectivity index (χ0v) is 12.5. The smallest absolute Gasteiger partial charge is 0.341 e. The summed E-state index contributed by atoms with van der Waals surface area (Å²) in [4.78, 5) is 27.6. The Hall–Kier alpha value is -2.84. The van der Waals surface area contributed by atoms with E-state index in [1.54, 1.807) is 30.3 Å². The van der Waals surface area contributed by atoms with Gasteiger partial charge in [-0.1, -0.05) is 18.2 Å². The van der Waals surface area contributed by atoms with E-state index in [0.717, 1.165) is 0 Å². The van der Waals surface area contributed by atoms with E-state index in [9.17, 15) is 14.8 Å². The van der Waals surface area contributed by atoms with Crippen molar-refractivity contribution in [1.82, 2.24) is 5.01 Å². The number of carboxylic acids is 1. The molecular weight excluding hydrogens is 306 g/mol. The summed E-state index contributed by atoms with van der Waals surface area (Å²) in [5.74, 6) is -2.15. The molecule has 0 aliphatic carbocycles. The molecule has 0 spiro atoms. The molecule has 23 heavy (non-hydrogen) atoms. The number of benzene rings is 1. The third-order valence-corrected chi connectivity index (χ3v) is 3.31. The lowest BCUT2D eigenvalue weighted by Gasteiger charge is -2.13. The summed E-state index contributed by atoms with van der Waals surface area (Å²) < 4.78 is 4.98. The number of hydrazine groups is 1. The van der Waals surface area contributed by atoms with Crippen LogP contribution in [0, 0.1) is 11.1 Å². The number of carbonyl (C=O) groups excluding carboxylic acids is 1. The number of esters is 1. The van der Waals surface area contributed by atoms with Gasteiger partial charge in [-0.15, -0.1) is 5.01 Å². The lowest BCUT2D eigenvalue weighted by atomic mass is 10.1. The van der Waals surface area contributed by atoms with Gasteiger partial charge in [-0.25, -0.2) is 4.79 Å². The lowest BCUT2D eigenvalue weighted by Crippen LogP contribution is -2.30. The molecule has 1 fully saturated rings. The third-order valence-electron chi connectivity index (χ3n) is 3.31. The highest BCUT2D eigenvalue weighted by Gasteiger charge is 2.33. The maximum atomic E-state index is 11.8. The topological polar surface area (TPSA) is 114 Å². The van der Waals surface area contributed by atoms with Crippen LogP contribution in [0.3, 0.4) is 0 Å². The fourth-order valence-electron chi connectivity index (χ4n) is 2.07. The van der Waals surface area contributed by atoms with Crippen LogP contribution in [-0.2, 0) is 14.4 Å². The highest BCUT2D eigenvalue weighted by Crippen LogP contribution is 2.16. The van der Waals surface area contributed by atoms with Gasteiger partial charge in [0.05, 0.1) is 29.5 Å². The molecule has 1 aromatic rings. The van der Waals surface area contributed by atoms with Gasteiger partial charge < -0.3 is 15.1 Å². The third kappa shape index (κ3) is 4.56. The molecule has 124 valence electrons. The molecule has 9 nitrogen and oxygen atoms in total. The monoisotopic (exact) mass is 323 g/mol. The van der Waals surface area contributed by atoms with Crippen LogP contribution in [0.15, 0.2) is 35.6 Å². The summed E-state index contributed by atoms with van der Waals surface area (Å²) in [7, 11) is 0. The molecule has 0 amide bonds. The lowest BCUT2D eigenvalue weighted by molar-refractivity contribution is -0.709. The fourth-order valence-corrected chi connectivity index (χ4v) is 2.07. The highest BCUT2D eigenvalue weighted by molar-refractivity contribution is 5.89. The second kappa shape index (κ2) is 7.43. The van der Waals surface area contributed by atoms with Crippen molar-refractivity contribution in [2.75, 3.05) is 13.1 Å². The first-order chi connectivity index (χ1) is 11.0. The zero-order chi connectivity index (χ0) is 16.8. The molecule has 1 aliphatic rings. The predicted molar refractivity (Wildman–Crippen MR) is 75.8 cm³/mol. The van der Waals surface area contributed by atoms with Crippen molar-refractivity contribution < 1.29 is 29.2 Å². The van der Waals surface area contributed by atoms with Crippen LogP contribution in [0.5, 0.6) is 0 Å². The SMILES string of the molecule is CC(ON=[N+]([O-])N1CCC(C(=O)O)C1)OC(=O)c1ccccc1. The van der Waals surface area contributed by atoms with Gasteiger partial charge in [-0.3, -0.25) is 9.63 Å². The quantitative estimate of drug-likeness (QED) is 0.277. The molecule has 1 N–H and O–H groups in total. The van der Waals surface area contributed by atoms with E-state index in [0.29, 0.717) is 12.0 Å². The molecule has 0 aromatic heterocycles. The number of ether oxygens (including phenoxy) is 1. The standard InChI is InChI=1S/C14H17N3O6/c1-10(22-14(20)11-5-3-2-4-6-11)23-15-17(21)16-8-7-12(9-16)13(18)19/h2-6,10,12H,7-9H2,1H3,(H,18,19). The normalized spacial score (nSPS) is 19.3. The summed E-state index contributed by atoms with van der Waals surface area (Å²) >= 11 is 0. The van der Waals surface area contributed by atoms with Gasteiger partial charge in [0, 0.05) is 6.92 Å². The molecule has 1 saturated heterocycles. The van der Waals surface area contributed by atoms with Crippen LogP contribution in [0.25, 0.3) is 0 Å². The number of carbonyl (C=O) groups is 2. The minimum atomic E-state index is -1.06.